The molecule has 0 fully saturated rings. The topological polar surface area (TPSA) is 59.6 Å². The Bertz CT molecular complexity index is 715. The molecule has 1 unspecified atom stereocenters. The van der Waals surface area contributed by atoms with E-state index in [2.05, 4.69) is 42.4 Å². The fourth-order valence-corrected chi connectivity index (χ4v) is 2.75. The van der Waals surface area contributed by atoms with Crippen molar-refractivity contribution in [3.63, 3.8) is 0 Å². The number of benzene rings is 2. The molecule has 4 nitrogen and oxygen atoms in total. The predicted octanol–water partition coefficient (Wildman–Crippen LogP) is 4.33. The summed E-state index contributed by atoms with van der Waals surface area (Å²) in [5.41, 5.74) is 9.49. The maximum atomic E-state index is 6.03. The van der Waals surface area contributed by atoms with Crippen LogP contribution in [0, 0.1) is 0 Å². The molecule has 1 aliphatic rings. The monoisotopic (exact) mass is 437 g/mol. The smallest absolute Gasteiger partial charge is 0.193 e. The molecule has 0 bridgehead atoms. The highest BCUT2D eigenvalue weighted by atomic mass is 127. The van der Waals surface area contributed by atoms with Gasteiger partial charge in [-0.1, -0.05) is 44.2 Å². The zero-order valence-corrected chi connectivity index (χ0v) is 16.4. The van der Waals surface area contributed by atoms with Crippen LogP contribution in [0.3, 0.4) is 0 Å². The molecule has 2 aromatic rings. The Labute approximate surface area is 160 Å². The van der Waals surface area contributed by atoms with E-state index >= 15 is 0 Å². The standard InChI is InChI=1S/C19H23N3O.HI/c1-13(2)14-6-5-7-16(10-14)22-19(20)21-11-15-12-23-18-9-4-3-8-17(15)18;/h3-10,13,15H,11-12H2,1-2H3,(H3,20,21,22);1H. The summed E-state index contributed by atoms with van der Waals surface area (Å²) in [4.78, 5) is 4.48. The van der Waals surface area contributed by atoms with Crippen molar-refractivity contribution in [2.45, 2.75) is 25.7 Å². The lowest BCUT2D eigenvalue weighted by Gasteiger charge is -2.11. The highest BCUT2D eigenvalue weighted by molar-refractivity contribution is 14.0. The Kier molecular flexibility index (Phi) is 6.48. The molecule has 3 N–H and O–H groups in total. The van der Waals surface area contributed by atoms with Crippen molar-refractivity contribution in [1.29, 1.82) is 0 Å². The van der Waals surface area contributed by atoms with E-state index < -0.39 is 0 Å². The first-order valence-electron chi connectivity index (χ1n) is 8.02. The van der Waals surface area contributed by atoms with Crippen LogP contribution in [0.25, 0.3) is 0 Å². The van der Waals surface area contributed by atoms with Gasteiger partial charge in [-0.05, 0) is 29.7 Å². The van der Waals surface area contributed by atoms with Crippen molar-refractivity contribution >= 4 is 35.6 Å². The van der Waals surface area contributed by atoms with Crippen LogP contribution in [-0.4, -0.2) is 19.1 Å². The van der Waals surface area contributed by atoms with Crippen LogP contribution >= 0.6 is 24.0 Å². The van der Waals surface area contributed by atoms with Gasteiger partial charge in [0.05, 0.1) is 13.2 Å². The van der Waals surface area contributed by atoms with Crippen molar-refractivity contribution in [2.24, 2.45) is 10.7 Å². The molecule has 0 saturated carbocycles. The molecule has 0 aliphatic carbocycles. The first-order valence-corrected chi connectivity index (χ1v) is 8.02. The number of ether oxygens (including phenoxy) is 1. The summed E-state index contributed by atoms with van der Waals surface area (Å²) >= 11 is 0. The average Bonchev–Trinajstić information content (AvgIpc) is 2.96. The number of halogens is 1. The van der Waals surface area contributed by atoms with Gasteiger partial charge >= 0.3 is 0 Å². The number of aliphatic imine (C=N–C) groups is 1. The number of para-hydroxylation sites is 1. The molecule has 1 aliphatic heterocycles. The van der Waals surface area contributed by atoms with Crippen molar-refractivity contribution < 1.29 is 4.74 Å². The quantitative estimate of drug-likeness (QED) is 0.425. The highest BCUT2D eigenvalue weighted by Gasteiger charge is 2.23. The molecule has 2 aromatic carbocycles. The second-order valence-corrected chi connectivity index (χ2v) is 6.18. The van der Waals surface area contributed by atoms with Gasteiger partial charge in [-0.2, -0.15) is 0 Å². The van der Waals surface area contributed by atoms with Gasteiger partial charge in [0.15, 0.2) is 5.96 Å². The van der Waals surface area contributed by atoms with E-state index in [9.17, 15) is 0 Å². The van der Waals surface area contributed by atoms with Crippen molar-refractivity contribution in [3.8, 4) is 5.75 Å². The number of nitrogens with one attached hydrogen (secondary N) is 1. The maximum absolute atomic E-state index is 6.03. The second kappa shape index (κ2) is 8.37. The Hall–Kier alpha value is -1.76. The molecule has 1 heterocycles. The third-order valence-electron chi connectivity index (χ3n) is 4.11. The molecule has 0 aromatic heterocycles. The summed E-state index contributed by atoms with van der Waals surface area (Å²) < 4.78 is 5.67. The number of guanidine groups is 1. The van der Waals surface area contributed by atoms with Crippen LogP contribution in [0.5, 0.6) is 5.75 Å². The van der Waals surface area contributed by atoms with Crippen LogP contribution < -0.4 is 15.8 Å². The molecule has 0 spiro atoms. The van der Waals surface area contributed by atoms with Gasteiger partial charge in [0.25, 0.3) is 0 Å². The molecule has 128 valence electrons. The molecular weight excluding hydrogens is 413 g/mol. The molecule has 3 rings (SSSR count). The van der Waals surface area contributed by atoms with Gasteiger partial charge in [0.2, 0.25) is 0 Å². The predicted molar refractivity (Wildman–Crippen MR) is 111 cm³/mol. The largest absolute Gasteiger partial charge is 0.493 e. The fraction of sp³-hybridized carbons (Fsp3) is 0.316. The maximum Gasteiger partial charge on any atom is 0.193 e. The lowest BCUT2D eigenvalue weighted by atomic mass is 10.0. The van der Waals surface area contributed by atoms with E-state index in [1.165, 1.54) is 11.1 Å². The van der Waals surface area contributed by atoms with Gasteiger partial charge in [-0.3, -0.25) is 4.99 Å². The summed E-state index contributed by atoms with van der Waals surface area (Å²) in [5.74, 6) is 2.16. The minimum Gasteiger partial charge on any atom is -0.493 e. The average molecular weight is 437 g/mol. The van der Waals surface area contributed by atoms with Crippen LogP contribution in [0.1, 0.15) is 36.8 Å². The van der Waals surface area contributed by atoms with Crippen LogP contribution in [0.4, 0.5) is 5.69 Å². The van der Waals surface area contributed by atoms with E-state index in [0.717, 1.165) is 11.4 Å². The minimum absolute atomic E-state index is 0. The Morgan fingerprint density at radius 2 is 2.04 bits per heavy atom. The van der Waals surface area contributed by atoms with E-state index in [0.29, 0.717) is 25.0 Å². The zero-order chi connectivity index (χ0) is 16.2. The number of fused-ring (bicyclic) bond motifs is 1. The molecule has 0 saturated heterocycles. The van der Waals surface area contributed by atoms with Crippen molar-refractivity contribution in [3.05, 3.63) is 59.7 Å². The van der Waals surface area contributed by atoms with E-state index in [4.69, 9.17) is 10.5 Å². The van der Waals surface area contributed by atoms with E-state index in [1.54, 1.807) is 0 Å². The zero-order valence-electron chi connectivity index (χ0n) is 14.0. The first-order chi connectivity index (χ1) is 11.1. The van der Waals surface area contributed by atoms with Crippen LogP contribution in [-0.2, 0) is 0 Å². The van der Waals surface area contributed by atoms with Gasteiger partial charge in [-0.25, -0.2) is 0 Å². The van der Waals surface area contributed by atoms with Gasteiger partial charge in [-0.15, -0.1) is 24.0 Å². The lowest BCUT2D eigenvalue weighted by Crippen LogP contribution is -2.24. The molecular formula is C19H24IN3O. The lowest BCUT2D eigenvalue weighted by molar-refractivity contribution is 0.333. The molecule has 0 amide bonds. The molecule has 5 heteroatoms. The summed E-state index contributed by atoms with van der Waals surface area (Å²) in [5, 5.41) is 3.17. The molecule has 1 atom stereocenters. The van der Waals surface area contributed by atoms with E-state index in [-0.39, 0.29) is 29.9 Å². The minimum atomic E-state index is 0. The van der Waals surface area contributed by atoms with Crippen LogP contribution in [0.15, 0.2) is 53.5 Å². The summed E-state index contributed by atoms with van der Waals surface area (Å²) in [6.45, 7) is 5.64. The van der Waals surface area contributed by atoms with Gasteiger partial charge in [0.1, 0.15) is 5.75 Å². The third-order valence-corrected chi connectivity index (χ3v) is 4.11. The summed E-state index contributed by atoms with van der Waals surface area (Å²) in [7, 11) is 0. The Balaban J connectivity index is 0.00000208. The highest BCUT2D eigenvalue weighted by Crippen LogP contribution is 2.33. The second-order valence-electron chi connectivity index (χ2n) is 6.18. The summed E-state index contributed by atoms with van der Waals surface area (Å²) in [6, 6.07) is 16.4. The van der Waals surface area contributed by atoms with Crippen molar-refractivity contribution in [1.82, 2.24) is 0 Å². The van der Waals surface area contributed by atoms with Gasteiger partial charge < -0.3 is 15.8 Å². The van der Waals surface area contributed by atoms with Crippen LogP contribution in [0.2, 0.25) is 0 Å². The number of anilines is 1. The summed E-state index contributed by atoms with van der Waals surface area (Å²) in [6.07, 6.45) is 0. The Morgan fingerprint density at radius 3 is 2.83 bits per heavy atom. The Morgan fingerprint density at radius 1 is 1.25 bits per heavy atom. The first kappa shape index (κ1) is 18.6. The number of hydrogen-bond acceptors (Lipinski definition) is 2. The van der Waals surface area contributed by atoms with Crippen molar-refractivity contribution in [2.75, 3.05) is 18.5 Å². The number of nitrogens with two attached hydrogens (primary N) is 1. The number of hydrogen-bond donors (Lipinski definition) is 2. The number of rotatable bonds is 4. The normalized spacial score (nSPS) is 16.3. The fourth-order valence-electron chi connectivity index (χ4n) is 2.75. The SMILES string of the molecule is CC(C)c1cccc(NC(N)=NCC2COc3ccccc32)c1.I. The van der Waals surface area contributed by atoms with Gasteiger partial charge in [0, 0.05) is 17.2 Å². The molecule has 0 radical (unpaired) electrons. The molecule has 24 heavy (non-hydrogen) atoms. The number of nitrogens with zero attached hydrogens (tertiary/aromatic N) is 1. The third kappa shape index (κ3) is 4.41. The van der Waals surface area contributed by atoms with E-state index in [1.807, 2.05) is 30.3 Å².